The highest BCUT2D eigenvalue weighted by atomic mass is 19.1. The topological polar surface area (TPSA) is 84.0 Å². The van der Waals surface area contributed by atoms with Crippen LogP contribution >= 0.6 is 0 Å². The molecule has 0 fully saturated rings. The van der Waals surface area contributed by atoms with Gasteiger partial charge in [0.2, 0.25) is 5.91 Å². The summed E-state index contributed by atoms with van der Waals surface area (Å²) in [5.41, 5.74) is 2.10. The van der Waals surface area contributed by atoms with Crippen molar-refractivity contribution in [3.63, 3.8) is 0 Å². The zero-order chi connectivity index (χ0) is 19.2. The third kappa shape index (κ3) is 5.18. The van der Waals surface area contributed by atoms with Gasteiger partial charge in [-0.2, -0.15) is 0 Å². The first-order valence-electron chi connectivity index (χ1n) is 8.25. The lowest BCUT2D eigenvalue weighted by Crippen LogP contribution is -2.15. The number of rotatable bonds is 6. The average Bonchev–Trinajstić information content (AvgIpc) is 2.66. The molecule has 0 saturated heterocycles. The molecule has 0 unspecified atom stereocenters. The molecule has 1 aromatic heterocycles. The molecule has 3 rings (SSSR count). The minimum absolute atomic E-state index is 0.00192. The monoisotopic (exact) mass is 364 g/mol. The number of carbonyl (C=O) groups excluding carboxylic acids is 2. The molecule has 27 heavy (non-hydrogen) atoms. The molecule has 0 aliphatic carbocycles. The zero-order valence-corrected chi connectivity index (χ0v) is 14.6. The Hall–Kier alpha value is -3.61. The summed E-state index contributed by atoms with van der Waals surface area (Å²) >= 11 is 0. The van der Waals surface area contributed by atoms with Crippen LogP contribution in [0.5, 0.6) is 0 Å². The van der Waals surface area contributed by atoms with Crippen LogP contribution in [0.2, 0.25) is 0 Å². The first-order valence-corrected chi connectivity index (χ1v) is 8.25. The van der Waals surface area contributed by atoms with Crippen molar-refractivity contribution in [2.24, 2.45) is 0 Å². The fraction of sp³-hybridized carbons (Fsp3) is 0.100. The maximum absolute atomic E-state index is 12.9. The van der Waals surface area contributed by atoms with E-state index in [-0.39, 0.29) is 23.9 Å². The van der Waals surface area contributed by atoms with Gasteiger partial charge in [-0.05, 0) is 61.0 Å². The van der Waals surface area contributed by atoms with E-state index in [2.05, 4.69) is 20.8 Å². The number of nitrogens with zero attached hydrogens (tertiary/aromatic N) is 2. The predicted octanol–water partition coefficient (Wildman–Crippen LogP) is 3.74. The van der Waals surface area contributed by atoms with E-state index in [0.29, 0.717) is 22.8 Å². The number of hydrogen-bond acceptors (Lipinski definition) is 5. The summed E-state index contributed by atoms with van der Waals surface area (Å²) in [4.78, 5) is 23.3. The molecule has 0 aliphatic heterocycles. The molecule has 2 aromatic carbocycles. The molecule has 2 N–H and O–H groups in total. The van der Waals surface area contributed by atoms with Crippen LogP contribution in [0.3, 0.4) is 0 Å². The summed E-state index contributed by atoms with van der Waals surface area (Å²) in [5.74, 6) is 0.212. The van der Waals surface area contributed by atoms with E-state index in [1.807, 2.05) is 0 Å². The van der Waals surface area contributed by atoms with Gasteiger partial charge in [-0.3, -0.25) is 9.59 Å². The number of ketones is 1. The fourth-order valence-electron chi connectivity index (χ4n) is 2.38. The largest absolute Gasteiger partial charge is 0.339 e. The number of benzene rings is 2. The number of aromatic nitrogens is 2. The summed E-state index contributed by atoms with van der Waals surface area (Å²) in [5, 5.41) is 13.7. The van der Waals surface area contributed by atoms with Gasteiger partial charge in [-0.25, -0.2) is 4.39 Å². The number of carbonyl (C=O) groups is 2. The van der Waals surface area contributed by atoms with E-state index in [9.17, 15) is 14.0 Å². The molecule has 0 spiro atoms. The maximum atomic E-state index is 12.9. The minimum Gasteiger partial charge on any atom is -0.339 e. The summed E-state index contributed by atoms with van der Waals surface area (Å²) in [6, 6.07) is 16.0. The molecule has 0 atom stereocenters. The van der Waals surface area contributed by atoms with Gasteiger partial charge in [0.25, 0.3) is 0 Å². The van der Waals surface area contributed by atoms with Crippen molar-refractivity contribution < 1.29 is 14.0 Å². The third-order valence-electron chi connectivity index (χ3n) is 3.77. The van der Waals surface area contributed by atoms with Crippen molar-refractivity contribution in [3.05, 3.63) is 77.6 Å². The number of halogens is 1. The van der Waals surface area contributed by atoms with Gasteiger partial charge in [0.1, 0.15) is 5.82 Å². The Bertz CT molecular complexity index is 939. The number of nitrogens with one attached hydrogen (secondary N) is 2. The Balaban J connectivity index is 1.57. The van der Waals surface area contributed by atoms with E-state index < -0.39 is 0 Å². The van der Waals surface area contributed by atoms with Crippen LogP contribution in [0.1, 0.15) is 22.8 Å². The van der Waals surface area contributed by atoms with Crippen LogP contribution in [-0.4, -0.2) is 21.9 Å². The SMILES string of the molecule is CC(=O)c1ccc(Nc2ccc(NC(=O)Cc3ccc(F)cc3)nn2)cc1. The third-order valence-corrected chi connectivity index (χ3v) is 3.77. The minimum atomic E-state index is -0.343. The second-order valence-corrected chi connectivity index (χ2v) is 5.91. The van der Waals surface area contributed by atoms with Crippen LogP contribution in [0.25, 0.3) is 0 Å². The summed E-state index contributed by atoms with van der Waals surface area (Å²) < 4.78 is 12.9. The molecule has 0 saturated carbocycles. The predicted molar refractivity (Wildman–Crippen MR) is 100 cm³/mol. The Kier molecular flexibility index (Phi) is 5.51. The van der Waals surface area contributed by atoms with E-state index in [1.54, 1.807) is 48.5 Å². The first kappa shape index (κ1) is 18.2. The molecule has 0 bridgehead atoms. The van der Waals surface area contributed by atoms with Crippen LogP contribution in [0, 0.1) is 5.82 Å². The van der Waals surface area contributed by atoms with Crippen LogP contribution < -0.4 is 10.6 Å². The second-order valence-electron chi connectivity index (χ2n) is 5.91. The number of amides is 1. The van der Waals surface area contributed by atoms with Gasteiger partial charge >= 0.3 is 0 Å². The number of Topliss-reactive ketones (excluding diaryl/α,β-unsaturated/α-hetero) is 1. The number of hydrogen-bond donors (Lipinski definition) is 2. The average molecular weight is 364 g/mol. The van der Waals surface area contributed by atoms with Crippen molar-refractivity contribution in [1.29, 1.82) is 0 Å². The summed E-state index contributed by atoms with van der Waals surface area (Å²) in [6.45, 7) is 1.51. The quantitative estimate of drug-likeness (QED) is 0.651. The lowest BCUT2D eigenvalue weighted by molar-refractivity contribution is -0.115. The van der Waals surface area contributed by atoms with Crippen molar-refractivity contribution in [1.82, 2.24) is 10.2 Å². The van der Waals surface area contributed by atoms with Gasteiger partial charge in [0, 0.05) is 11.3 Å². The lowest BCUT2D eigenvalue weighted by Gasteiger charge is -2.07. The molecule has 6 nitrogen and oxygen atoms in total. The van der Waals surface area contributed by atoms with Gasteiger partial charge in [0.05, 0.1) is 6.42 Å². The highest BCUT2D eigenvalue weighted by Gasteiger charge is 2.06. The van der Waals surface area contributed by atoms with Crippen molar-refractivity contribution in [3.8, 4) is 0 Å². The van der Waals surface area contributed by atoms with E-state index in [0.717, 1.165) is 5.69 Å². The molecule has 0 radical (unpaired) electrons. The smallest absolute Gasteiger partial charge is 0.229 e. The molecule has 3 aromatic rings. The van der Waals surface area contributed by atoms with Gasteiger partial charge in [0.15, 0.2) is 17.4 Å². The van der Waals surface area contributed by atoms with Gasteiger partial charge < -0.3 is 10.6 Å². The molecule has 0 aliphatic rings. The normalized spacial score (nSPS) is 10.3. The Labute approximate surface area is 155 Å². The molecular weight excluding hydrogens is 347 g/mol. The molecule has 1 amide bonds. The highest BCUT2D eigenvalue weighted by Crippen LogP contribution is 2.16. The molecule has 1 heterocycles. The highest BCUT2D eigenvalue weighted by molar-refractivity contribution is 5.94. The lowest BCUT2D eigenvalue weighted by atomic mass is 10.1. The van der Waals surface area contributed by atoms with Crippen LogP contribution in [-0.2, 0) is 11.2 Å². The Morgan fingerprint density at radius 3 is 2.11 bits per heavy atom. The maximum Gasteiger partial charge on any atom is 0.229 e. The molecule has 7 heteroatoms. The van der Waals surface area contributed by atoms with E-state index in [1.165, 1.54) is 19.1 Å². The van der Waals surface area contributed by atoms with Crippen LogP contribution in [0.4, 0.5) is 21.7 Å². The van der Waals surface area contributed by atoms with Crippen LogP contribution in [0.15, 0.2) is 60.7 Å². The zero-order valence-electron chi connectivity index (χ0n) is 14.6. The second kappa shape index (κ2) is 8.18. The Morgan fingerprint density at radius 2 is 1.52 bits per heavy atom. The molecule has 136 valence electrons. The fourth-order valence-corrected chi connectivity index (χ4v) is 2.38. The Morgan fingerprint density at radius 1 is 0.889 bits per heavy atom. The first-order chi connectivity index (χ1) is 13.0. The van der Waals surface area contributed by atoms with Crippen molar-refractivity contribution in [2.45, 2.75) is 13.3 Å². The van der Waals surface area contributed by atoms with E-state index >= 15 is 0 Å². The van der Waals surface area contributed by atoms with E-state index in [4.69, 9.17) is 0 Å². The molecular formula is C20H17FN4O2. The number of anilines is 3. The standard InChI is InChI=1S/C20H17FN4O2/c1-13(26)15-4-8-17(9-5-15)22-18-10-11-19(25-24-18)23-20(27)12-14-2-6-16(21)7-3-14/h2-11H,12H2,1H3,(H,22,24)(H,23,25,27). The van der Waals surface area contributed by atoms with Crippen molar-refractivity contribution >= 4 is 29.0 Å². The summed E-state index contributed by atoms with van der Waals surface area (Å²) in [7, 11) is 0. The van der Waals surface area contributed by atoms with Crippen molar-refractivity contribution in [2.75, 3.05) is 10.6 Å². The van der Waals surface area contributed by atoms with Gasteiger partial charge in [-0.15, -0.1) is 10.2 Å². The van der Waals surface area contributed by atoms with Gasteiger partial charge in [-0.1, -0.05) is 12.1 Å². The summed E-state index contributed by atoms with van der Waals surface area (Å²) in [6.07, 6.45) is 0.116.